The summed E-state index contributed by atoms with van der Waals surface area (Å²) in [5.74, 6) is 1.92. The van der Waals surface area contributed by atoms with Crippen LogP contribution >= 0.6 is 0 Å². The molecular weight excluding hydrogens is 679 g/mol. The van der Waals surface area contributed by atoms with Gasteiger partial charge in [0.05, 0.1) is 0 Å². The first kappa shape index (κ1) is 33.1. The predicted octanol–water partition coefficient (Wildman–Crippen LogP) is 13.8. The highest BCUT2D eigenvalue weighted by Crippen LogP contribution is 2.44. The van der Waals surface area contributed by atoms with Gasteiger partial charge in [-0.3, -0.25) is 0 Å². The van der Waals surface area contributed by atoms with Gasteiger partial charge in [-0.05, 0) is 72.1 Å². The van der Waals surface area contributed by atoms with Crippen molar-refractivity contribution in [1.82, 2.24) is 15.0 Å². The van der Waals surface area contributed by atoms with Crippen LogP contribution in [0.4, 0.5) is 0 Å². The van der Waals surface area contributed by atoms with E-state index in [-0.39, 0.29) is 0 Å². The molecule has 0 N–H and O–H groups in total. The van der Waals surface area contributed by atoms with Crippen LogP contribution in [0, 0.1) is 0 Å². The minimum absolute atomic E-state index is 0.634. The molecule has 0 spiro atoms. The molecule has 0 saturated heterocycles. The molecule has 0 atom stereocenters. The van der Waals surface area contributed by atoms with E-state index in [4.69, 9.17) is 15.0 Å². The zero-order valence-corrected chi connectivity index (χ0v) is 30.5. The first-order valence-electron chi connectivity index (χ1n) is 18.9. The van der Waals surface area contributed by atoms with E-state index in [2.05, 4.69) is 176 Å². The summed E-state index contributed by atoms with van der Waals surface area (Å²) in [5, 5.41) is 4.89. The second kappa shape index (κ2) is 14.4. The Hall–Kier alpha value is -7.49. The van der Waals surface area contributed by atoms with E-state index in [0.717, 1.165) is 33.4 Å². The topological polar surface area (TPSA) is 38.7 Å². The van der Waals surface area contributed by atoms with E-state index in [9.17, 15) is 0 Å². The Labute approximate surface area is 326 Å². The van der Waals surface area contributed by atoms with Gasteiger partial charge in [-0.2, -0.15) is 0 Å². The largest absolute Gasteiger partial charge is 0.208 e. The van der Waals surface area contributed by atoms with Crippen molar-refractivity contribution >= 4 is 21.5 Å². The van der Waals surface area contributed by atoms with Crippen LogP contribution in [-0.2, 0) is 0 Å². The van der Waals surface area contributed by atoms with Crippen molar-refractivity contribution in [3.05, 3.63) is 212 Å². The Bertz CT molecular complexity index is 2920. The summed E-state index contributed by atoms with van der Waals surface area (Å²) in [6, 6.07) is 74.8. The molecule has 0 saturated carbocycles. The third kappa shape index (κ3) is 6.21. The maximum Gasteiger partial charge on any atom is 0.164 e. The Morgan fingerprint density at radius 3 is 0.946 bits per heavy atom. The fourth-order valence-electron chi connectivity index (χ4n) is 7.82. The van der Waals surface area contributed by atoms with Gasteiger partial charge in [-0.1, -0.05) is 206 Å². The highest BCUT2D eigenvalue weighted by Gasteiger charge is 2.18. The Morgan fingerprint density at radius 1 is 0.196 bits per heavy atom. The zero-order valence-electron chi connectivity index (χ0n) is 30.5. The molecule has 262 valence electrons. The predicted molar refractivity (Wildman–Crippen MR) is 233 cm³/mol. The monoisotopic (exact) mass is 713 g/mol. The molecule has 10 rings (SSSR count). The lowest BCUT2D eigenvalue weighted by Crippen LogP contribution is -2.00. The molecule has 0 bridgehead atoms. The lowest BCUT2D eigenvalue weighted by molar-refractivity contribution is 1.07. The zero-order chi connectivity index (χ0) is 37.3. The molecule has 0 aliphatic heterocycles. The molecular formula is C53H35N3. The summed E-state index contributed by atoms with van der Waals surface area (Å²) in [5.41, 5.74) is 12.3. The van der Waals surface area contributed by atoms with E-state index >= 15 is 0 Å². The third-order valence-electron chi connectivity index (χ3n) is 10.5. The summed E-state index contributed by atoms with van der Waals surface area (Å²) in [4.78, 5) is 15.1. The smallest absolute Gasteiger partial charge is 0.164 e. The first-order chi connectivity index (χ1) is 27.8. The summed E-state index contributed by atoms with van der Waals surface area (Å²) in [6.45, 7) is 0. The van der Waals surface area contributed by atoms with Crippen molar-refractivity contribution in [1.29, 1.82) is 0 Å². The average Bonchev–Trinajstić information content (AvgIpc) is 3.29. The molecule has 0 amide bonds. The number of rotatable bonds is 7. The van der Waals surface area contributed by atoms with Gasteiger partial charge >= 0.3 is 0 Å². The molecule has 0 aliphatic rings. The fraction of sp³-hybridized carbons (Fsp3) is 0. The normalized spacial score (nSPS) is 11.2. The molecule has 3 heteroatoms. The number of hydrogen-bond acceptors (Lipinski definition) is 3. The summed E-state index contributed by atoms with van der Waals surface area (Å²) < 4.78 is 0. The van der Waals surface area contributed by atoms with Gasteiger partial charge in [0, 0.05) is 16.7 Å². The molecule has 0 fully saturated rings. The van der Waals surface area contributed by atoms with E-state index in [0.29, 0.717) is 17.5 Å². The maximum absolute atomic E-state index is 5.08. The molecule has 0 unspecified atom stereocenters. The molecule has 0 radical (unpaired) electrons. The highest BCUT2D eigenvalue weighted by molar-refractivity contribution is 6.21. The van der Waals surface area contributed by atoms with Crippen LogP contribution in [0.5, 0.6) is 0 Å². The van der Waals surface area contributed by atoms with Crippen LogP contribution in [0.15, 0.2) is 212 Å². The van der Waals surface area contributed by atoms with Gasteiger partial charge < -0.3 is 0 Å². The molecule has 9 aromatic carbocycles. The van der Waals surface area contributed by atoms with Crippen molar-refractivity contribution in [2.45, 2.75) is 0 Å². The van der Waals surface area contributed by atoms with Crippen LogP contribution in [-0.4, -0.2) is 15.0 Å². The standard InChI is InChI=1S/C53H35N3/c1-4-15-36(16-5-1)38-27-29-39(30-28-38)49-45-23-10-12-25-47(45)50(48-26-13-11-24-46(48)49)40-31-33-42(34-32-40)52-54-51(41-19-8-3-9-20-41)55-53(56-52)44-22-14-21-43(35-44)37-17-6-2-7-18-37/h1-35H. The van der Waals surface area contributed by atoms with Gasteiger partial charge in [-0.15, -0.1) is 0 Å². The second-order valence-corrected chi connectivity index (χ2v) is 14.0. The number of benzene rings is 9. The van der Waals surface area contributed by atoms with Crippen molar-refractivity contribution in [2.24, 2.45) is 0 Å². The summed E-state index contributed by atoms with van der Waals surface area (Å²) in [6.07, 6.45) is 0. The molecule has 3 nitrogen and oxygen atoms in total. The van der Waals surface area contributed by atoms with Gasteiger partial charge in [0.2, 0.25) is 0 Å². The number of aromatic nitrogens is 3. The Kier molecular flexibility index (Phi) is 8.51. The SMILES string of the molecule is c1ccc(-c2ccc(-c3c4ccccc4c(-c4ccc(-c5nc(-c6ccccc6)nc(-c6cccc(-c7ccccc7)c6)n5)cc4)c4ccccc34)cc2)cc1. The maximum atomic E-state index is 5.08. The lowest BCUT2D eigenvalue weighted by Gasteiger charge is -2.18. The minimum Gasteiger partial charge on any atom is -0.208 e. The van der Waals surface area contributed by atoms with Gasteiger partial charge in [-0.25, -0.2) is 15.0 Å². The molecule has 1 aromatic heterocycles. The van der Waals surface area contributed by atoms with Crippen LogP contribution in [0.2, 0.25) is 0 Å². The number of nitrogens with zero attached hydrogens (tertiary/aromatic N) is 3. The molecule has 1 heterocycles. The number of hydrogen-bond donors (Lipinski definition) is 0. The van der Waals surface area contributed by atoms with E-state index in [1.165, 1.54) is 49.4 Å². The fourth-order valence-corrected chi connectivity index (χ4v) is 7.82. The first-order valence-corrected chi connectivity index (χ1v) is 18.9. The van der Waals surface area contributed by atoms with Crippen LogP contribution in [0.1, 0.15) is 0 Å². The van der Waals surface area contributed by atoms with E-state index < -0.39 is 0 Å². The summed E-state index contributed by atoms with van der Waals surface area (Å²) in [7, 11) is 0. The lowest BCUT2D eigenvalue weighted by atomic mass is 9.85. The quantitative estimate of drug-likeness (QED) is 0.154. The van der Waals surface area contributed by atoms with Crippen molar-refractivity contribution in [2.75, 3.05) is 0 Å². The average molecular weight is 714 g/mol. The van der Waals surface area contributed by atoms with E-state index in [1.807, 2.05) is 36.4 Å². The third-order valence-corrected chi connectivity index (χ3v) is 10.5. The van der Waals surface area contributed by atoms with Gasteiger partial charge in [0.15, 0.2) is 17.5 Å². The molecule has 0 aliphatic carbocycles. The Morgan fingerprint density at radius 2 is 0.482 bits per heavy atom. The van der Waals surface area contributed by atoms with Crippen molar-refractivity contribution < 1.29 is 0 Å². The highest BCUT2D eigenvalue weighted by atomic mass is 15.0. The van der Waals surface area contributed by atoms with Crippen molar-refractivity contribution in [3.63, 3.8) is 0 Å². The molecule has 56 heavy (non-hydrogen) atoms. The minimum atomic E-state index is 0.634. The number of fused-ring (bicyclic) bond motifs is 2. The Balaban J connectivity index is 1.08. The van der Waals surface area contributed by atoms with Gasteiger partial charge in [0.1, 0.15) is 0 Å². The van der Waals surface area contributed by atoms with Crippen LogP contribution in [0.3, 0.4) is 0 Å². The van der Waals surface area contributed by atoms with Crippen LogP contribution in [0.25, 0.3) is 100 Å². The molecule has 10 aromatic rings. The van der Waals surface area contributed by atoms with E-state index in [1.54, 1.807) is 0 Å². The van der Waals surface area contributed by atoms with Gasteiger partial charge in [0.25, 0.3) is 0 Å². The van der Waals surface area contributed by atoms with Crippen LogP contribution < -0.4 is 0 Å². The van der Waals surface area contributed by atoms with Crippen molar-refractivity contribution in [3.8, 4) is 78.7 Å². The summed E-state index contributed by atoms with van der Waals surface area (Å²) >= 11 is 0. The second-order valence-electron chi connectivity index (χ2n) is 14.0.